The van der Waals surface area contributed by atoms with E-state index in [9.17, 15) is 8.78 Å². The van der Waals surface area contributed by atoms with Gasteiger partial charge in [0.25, 0.3) is 0 Å². The van der Waals surface area contributed by atoms with Gasteiger partial charge in [-0.1, -0.05) is 36.4 Å². The molecule has 4 rings (SSSR count). The first-order valence-corrected chi connectivity index (χ1v) is 8.82. The van der Waals surface area contributed by atoms with Gasteiger partial charge < -0.3 is 14.8 Å². The fourth-order valence-corrected chi connectivity index (χ4v) is 3.15. The van der Waals surface area contributed by atoms with Gasteiger partial charge in [0.2, 0.25) is 0 Å². The molecule has 1 aliphatic heterocycles. The second-order valence-corrected chi connectivity index (χ2v) is 6.44. The van der Waals surface area contributed by atoms with Crippen LogP contribution in [-0.2, 0) is 0 Å². The highest BCUT2D eigenvalue weighted by Crippen LogP contribution is 2.31. The lowest BCUT2D eigenvalue weighted by atomic mass is 9.98. The average Bonchev–Trinajstić information content (AvgIpc) is 2.70. The van der Waals surface area contributed by atoms with E-state index in [2.05, 4.69) is 5.32 Å². The lowest BCUT2D eigenvalue weighted by Crippen LogP contribution is -2.40. The van der Waals surface area contributed by atoms with E-state index in [-0.39, 0.29) is 23.8 Å². The molecule has 0 aliphatic carbocycles. The number of fused-ring (bicyclic) bond motifs is 1. The number of nitrogens with one attached hydrogen (secondary N) is 1. The summed E-state index contributed by atoms with van der Waals surface area (Å²) in [6.07, 6.45) is -0.164. The zero-order valence-electron chi connectivity index (χ0n) is 14.6. The Morgan fingerprint density at radius 3 is 1.96 bits per heavy atom. The highest BCUT2D eigenvalue weighted by molar-refractivity contribution is 5.40. The van der Waals surface area contributed by atoms with Gasteiger partial charge in [-0.15, -0.1) is 0 Å². The summed E-state index contributed by atoms with van der Waals surface area (Å²) in [5, 5.41) is 3.44. The molecule has 5 heteroatoms. The Balaban J connectivity index is 1.51. The molecular weight excluding hydrogens is 348 g/mol. The first kappa shape index (κ1) is 17.5. The molecule has 3 aromatic rings. The van der Waals surface area contributed by atoms with Crippen molar-refractivity contribution in [1.29, 1.82) is 0 Å². The minimum Gasteiger partial charge on any atom is -0.486 e. The standard InChI is InChI=1S/C22H19F2NO2/c23-17-9-5-15(6-10-17)22(16-7-11-18(24)12-8-16)25-13-19-14-26-20-3-1-2-4-21(20)27-19/h1-12,19,22,25H,13-14H2/t19-/m1/s1. The van der Waals surface area contributed by atoms with Crippen molar-refractivity contribution in [2.24, 2.45) is 0 Å². The van der Waals surface area contributed by atoms with Crippen LogP contribution in [0.2, 0.25) is 0 Å². The van der Waals surface area contributed by atoms with E-state index in [0.717, 1.165) is 22.6 Å². The van der Waals surface area contributed by atoms with Gasteiger partial charge in [0.1, 0.15) is 24.3 Å². The topological polar surface area (TPSA) is 30.5 Å². The molecule has 1 atom stereocenters. The van der Waals surface area contributed by atoms with E-state index < -0.39 is 0 Å². The van der Waals surface area contributed by atoms with Gasteiger partial charge >= 0.3 is 0 Å². The number of para-hydroxylation sites is 2. The summed E-state index contributed by atoms with van der Waals surface area (Å²) in [5.74, 6) is 0.868. The number of halogens is 2. The van der Waals surface area contributed by atoms with Crippen LogP contribution in [0.15, 0.2) is 72.8 Å². The number of rotatable bonds is 5. The molecule has 1 heterocycles. The molecule has 0 radical (unpaired) electrons. The summed E-state index contributed by atoms with van der Waals surface area (Å²) in [7, 11) is 0. The lowest BCUT2D eigenvalue weighted by Gasteiger charge is -2.28. The van der Waals surface area contributed by atoms with Crippen LogP contribution >= 0.6 is 0 Å². The van der Waals surface area contributed by atoms with Gasteiger partial charge in [-0.2, -0.15) is 0 Å². The predicted molar refractivity (Wildman–Crippen MR) is 99.0 cm³/mol. The van der Waals surface area contributed by atoms with Crippen LogP contribution in [0.3, 0.4) is 0 Å². The predicted octanol–water partition coefficient (Wildman–Crippen LogP) is 4.48. The SMILES string of the molecule is Fc1ccc(C(NC[C@@H]2COc3ccccc3O2)c2ccc(F)cc2)cc1. The van der Waals surface area contributed by atoms with E-state index in [1.807, 2.05) is 24.3 Å². The minimum atomic E-state index is -0.294. The van der Waals surface area contributed by atoms with Crippen LogP contribution in [0.5, 0.6) is 11.5 Å². The molecule has 3 aromatic carbocycles. The molecule has 0 saturated carbocycles. The maximum Gasteiger partial charge on any atom is 0.161 e. The first-order valence-electron chi connectivity index (χ1n) is 8.82. The van der Waals surface area contributed by atoms with Crippen LogP contribution in [0, 0.1) is 11.6 Å². The van der Waals surface area contributed by atoms with Gasteiger partial charge in [-0.25, -0.2) is 8.78 Å². The Hall–Kier alpha value is -2.92. The van der Waals surface area contributed by atoms with Crippen molar-refractivity contribution in [3.63, 3.8) is 0 Å². The Labute approximate surface area is 156 Å². The smallest absolute Gasteiger partial charge is 0.161 e. The summed E-state index contributed by atoms with van der Waals surface area (Å²) in [6, 6.07) is 19.9. The number of hydrogen-bond acceptors (Lipinski definition) is 3. The lowest BCUT2D eigenvalue weighted by molar-refractivity contribution is 0.0891. The van der Waals surface area contributed by atoms with Crippen LogP contribution in [0.25, 0.3) is 0 Å². The van der Waals surface area contributed by atoms with Crippen molar-refractivity contribution in [2.75, 3.05) is 13.2 Å². The van der Waals surface area contributed by atoms with E-state index in [1.165, 1.54) is 24.3 Å². The maximum absolute atomic E-state index is 13.3. The zero-order valence-corrected chi connectivity index (χ0v) is 14.6. The Morgan fingerprint density at radius 2 is 1.37 bits per heavy atom. The van der Waals surface area contributed by atoms with Crippen molar-refractivity contribution in [3.05, 3.63) is 95.6 Å². The molecule has 27 heavy (non-hydrogen) atoms. The van der Waals surface area contributed by atoms with Crippen LogP contribution in [0.4, 0.5) is 8.78 Å². The Kier molecular flexibility index (Phi) is 5.03. The van der Waals surface area contributed by atoms with Crippen LogP contribution in [0.1, 0.15) is 17.2 Å². The van der Waals surface area contributed by atoms with Gasteiger partial charge in [-0.3, -0.25) is 0 Å². The second-order valence-electron chi connectivity index (χ2n) is 6.44. The average molecular weight is 367 g/mol. The summed E-state index contributed by atoms with van der Waals surface area (Å²) in [4.78, 5) is 0. The molecule has 0 amide bonds. The Bertz CT molecular complexity index is 851. The quantitative estimate of drug-likeness (QED) is 0.721. The number of ether oxygens (including phenoxy) is 2. The van der Waals surface area contributed by atoms with Gasteiger partial charge in [0.15, 0.2) is 11.5 Å². The molecule has 0 spiro atoms. The van der Waals surface area contributed by atoms with Crippen molar-refractivity contribution in [1.82, 2.24) is 5.32 Å². The molecule has 1 N–H and O–H groups in total. The third-order valence-corrected chi connectivity index (χ3v) is 4.52. The van der Waals surface area contributed by atoms with E-state index in [4.69, 9.17) is 9.47 Å². The van der Waals surface area contributed by atoms with Crippen molar-refractivity contribution < 1.29 is 18.3 Å². The molecule has 0 aromatic heterocycles. The zero-order chi connectivity index (χ0) is 18.6. The number of hydrogen-bond donors (Lipinski definition) is 1. The van der Waals surface area contributed by atoms with E-state index in [1.54, 1.807) is 24.3 Å². The second kappa shape index (κ2) is 7.76. The fraction of sp³-hybridized carbons (Fsp3) is 0.182. The molecule has 0 unspecified atom stereocenters. The summed E-state index contributed by atoms with van der Waals surface area (Å²) in [5.41, 5.74) is 1.78. The molecule has 0 fully saturated rings. The van der Waals surface area contributed by atoms with Gasteiger partial charge in [0, 0.05) is 6.54 Å². The third kappa shape index (κ3) is 4.09. The van der Waals surface area contributed by atoms with Crippen molar-refractivity contribution >= 4 is 0 Å². The van der Waals surface area contributed by atoms with E-state index in [0.29, 0.717) is 13.2 Å². The van der Waals surface area contributed by atoms with Crippen molar-refractivity contribution in [3.8, 4) is 11.5 Å². The molecule has 0 bridgehead atoms. The normalized spacial score (nSPS) is 15.7. The van der Waals surface area contributed by atoms with E-state index >= 15 is 0 Å². The van der Waals surface area contributed by atoms with Gasteiger partial charge in [0.05, 0.1) is 6.04 Å². The van der Waals surface area contributed by atoms with Crippen LogP contribution < -0.4 is 14.8 Å². The monoisotopic (exact) mass is 367 g/mol. The molecule has 1 aliphatic rings. The largest absolute Gasteiger partial charge is 0.486 e. The molecule has 0 saturated heterocycles. The summed E-state index contributed by atoms with van der Waals surface area (Å²) in [6.45, 7) is 0.956. The summed E-state index contributed by atoms with van der Waals surface area (Å²) >= 11 is 0. The van der Waals surface area contributed by atoms with Crippen molar-refractivity contribution in [2.45, 2.75) is 12.1 Å². The minimum absolute atomic E-state index is 0.164. The maximum atomic E-state index is 13.3. The summed E-state index contributed by atoms with van der Waals surface area (Å²) < 4.78 is 38.4. The third-order valence-electron chi connectivity index (χ3n) is 4.52. The first-order chi connectivity index (χ1) is 13.2. The molecular formula is C22H19F2NO2. The highest BCUT2D eigenvalue weighted by Gasteiger charge is 2.22. The van der Waals surface area contributed by atoms with Gasteiger partial charge in [-0.05, 0) is 47.5 Å². The highest BCUT2D eigenvalue weighted by atomic mass is 19.1. The number of benzene rings is 3. The Morgan fingerprint density at radius 1 is 0.815 bits per heavy atom. The molecule has 138 valence electrons. The fourth-order valence-electron chi connectivity index (χ4n) is 3.15. The molecule has 3 nitrogen and oxygen atoms in total. The van der Waals surface area contributed by atoms with Crippen LogP contribution in [-0.4, -0.2) is 19.3 Å².